The Bertz CT molecular complexity index is 2350. The molecule has 304 valence electrons. The molecule has 2 unspecified atom stereocenters. The largest absolute Gasteiger partial charge is 0.493 e. The second-order valence-corrected chi connectivity index (χ2v) is 15.1. The van der Waals surface area contributed by atoms with Gasteiger partial charge in [-0.2, -0.15) is 0 Å². The molecule has 4 aromatic carbocycles. The van der Waals surface area contributed by atoms with Crippen molar-refractivity contribution >= 4 is 58.1 Å². The van der Waals surface area contributed by atoms with E-state index >= 15 is 0 Å². The SMILES string of the molecule is CCCN(CCC)c1ccc(C2=CN3C(=O)c4cc(OC)c(OCCCOc5cc6c(cc5OC)C(=O)N5C=C(c7ccc(N)cc7)CC5C=N6)cc4N=CC3C2)cc1. The zero-order chi connectivity index (χ0) is 41.0. The Morgan fingerprint density at radius 3 is 1.56 bits per heavy atom. The van der Waals surface area contributed by atoms with E-state index in [1.54, 1.807) is 48.3 Å². The van der Waals surface area contributed by atoms with Crippen molar-refractivity contribution in [3.8, 4) is 23.0 Å². The molecule has 4 aliphatic rings. The number of methoxy groups -OCH3 is 2. The van der Waals surface area contributed by atoms with Gasteiger partial charge in [0.25, 0.3) is 11.8 Å². The molecular formula is C47H50N6O6. The standard InChI is InChI=1S/C47H50N6O6/c1-5-16-51(17-6-2)35-14-10-31(11-15-35)33-21-37-27-50-41-25-45(43(57-4)23-39(41)47(55)53(37)29-33)59-19-7-18-58-44-24-40-38(22-42(44)56-3)46(54)52-28-32(20-36(52)26-49-40)30-8-12-34(48)13-9-30/h8-15,22-29,36-37H,5-7,16-21,48H2,1-4H3. The van der Waals surface area contributed by atoms with Crippen molar-refractivity contribution in [2.75, 3.05) is 51.2 Å². The number of nitrogen functional groups attached to an aromatic ring is 1. The Kier molecular flexibility index (Phi) is 11.4. The van der Waals surface area contributed by atoms with Gasteiger partial charge in [-0.05, 0) is 71.5 Å². The second kappa shape index (κ2) is 17.1. The van der Waals surface area contributed by atoms with E-state index in [2.05, 4.69) is 43.0 Å². The smallest absolute Gasteiger partial charge is 0.260 e. The predicted molar refractivity (Wildman–Crippen MR) is 233 cm³/mol. The average Bonchev–Trinajstić information content (AvgIpc) is 3.83. The van der Waals surface area contributed by atoms with E-state index in [-0.39, 0.29) is 23.9 Å². The van der Waals surface area contributed by atoms with Crippen LogP contribution in [0.4, 0.5) is 22.7 Å². The van der Waals surface area contributed by atoms with Crippen LogP contribution in [0, 0.1) is 0 Å². The molecule has 2 amide bonds. The van der Waals surface area contributed by atoms with Crippen LogP contribution in [-0.4, -0.2) is 86.6 Å². The molecule has 0 spiro atoms. The van der Waals surface area contributed by atoms with Gasteiger partial charge in [-0.25, -0.2) is 0 Å². The fraction of sp³-hybridized carbons (Fsp3) is 0.319. The van der Waals surface area contributed by atoms with Crippen LogP contribution in [0.2, 0.25) is 0 Å². The van der Waals surface area contributed by atoms with Crippen LogP contribution in [0.25, 0.3) is 11.1 Å². The van der Waals surface area contributed by atoms with Crippen LogP contribution in [0.5, 0.6) is 23.0 Å². The van der Waals surface area contributed by atoms with Crippen molar-refractivity contribution < 1.29 is 28.5 Å². The summed E-state index contributed by atoms with van der Waals surface area (Å²) in [6.07, 6.45) is 11.6. The number of benzene rings is 4. The summed E-state index contributed by atoms with van der Waals surface area (Å²) >= 11 is 0. The highest BCUT2D eigenvalue weighted by Crippen LogP contribution is 2.42. The van der Waals surface area contributed by atoms with Crippen molar-refractivity contribution in [2.24, 2.45) is 9.98 Å². The van der Waals surface area contributed by atoms with Gasteiger partial charge < -0.3 is 39.4 Å². The van der Waals surface area contributed by atoms with Gasteiger partial charge >= 0.3 is 0 Å². The number of anilines is 2. The van der Waals surface area contributed by atoms with Gasteiger partial charge in [-0.15, -0.1) is 0 Å². The van der Waals surface area contributed by atoms with Crippen LogP contribution in [0.15, 0.2) is 95.2 Å². The Morgan fingerprint density at radius 2 is 1.12 bits per heavy atom. The molecule has 8 rings (SSSR count). The number of hydrogen-bond acceptors (Lipinski definition) is 10. The Balaban J connectivity index is 0.895. The van der Waals surface area contributed by atoms with Gasteiger partial charge in [0.05, 0.1) is 62.0 Å². The molecule has 0 radical (unpaired) electrons. The minimum absolute atomic E-state index is 0.134. The maximum atomic E-state index is 13.9. The Hall–Kier alpha value is -6.56. The topological polar surface area (TPSA) is 132 Å². The number of carbonyl (C=O) groups excluding carboxylic acids is 2. The lowest BCUT2D eigenvalue weighted by atomic mass is 10.0. The van der Waals surface area contributed by atoms with E-state index in [0.717, 1.165) is 48.2 Å². The first-order chi connectivity index (χ1) is 28.8. The molecule has 0 bridgehead atoms. The molecule has 0 saturated carbocycles. The van der Waals surface area contributed by atoms with Crippen molar-refractivity contribution in [2.45, 2.75) is 58.0 Å². The van der Waals surface area contributed by atoms with Crippen LogP contribution < -0.4 is 29.6 Å². The first-order valence-electron chi connectivity index (χ1n) is 20.3. The van der Waals surface area contributed by atoms with E-state index in [0.29, 0.717) is 83.7 Å². The monoisotopic (exact) mass is 794 g/mol. The number of ether oxygens (including phenoxy) is 4. The van der Waals surface area contributed by atoms with Gasteiger partial charge in [-0.1, -0.05) is 38.1 Å². The summed E-state index contributed by atoms with van der Waals surface area (Å²) in [4.78, 5) is 43.1. The highest BCUT2D eigenvalue weighted by atomic mass is 16.5. The number of nitrogens with two attached hydrogens (primary N) is 1. The minimum atomic E-state index is -0.202. The normalized spacial score (nSPS) is 17.6. The minimum Gasteiger partial charge on any atom is -0.493 e. The molecule has 0 fully saturated rings. The Morgan fingerprint density at radius 1 is 0.661 bits per heavy atom. The quantitative estimate of drug-likeness (QED) is 0.0935. The van der Waals surface area contributed by atoms with Gasteiger partial charge in [-0.3, -0.25) is 19.6 Å². The number of hydrogen-bond donors (Lipinski definition) is 1. The number of carbonyl (C=O) groups is 2. The first-order valence-corrected chi connectivity index (χ1v) is 20.3. The molecule has 4 aromatic rings. The number of rotatable bonds is 15. The molecule has 12 heteroatoms. The van der Waals surface area contributed by atoms with Gasteiger partial charge in [0.1, 0.15) is 0 Å². The lowest BCUT2D eigenvalue weighted by molar-refractivity contribution is 0.0809. The summed E-state index contributed by atoms with van der Waals surface area (Å²) in [7, 11) is 3.10. The fourth-order valence-corrected chi connectivity index (χ4v) is 8.06. The van der Waals surface area contributed by atoms with E-state index in [1.807, 2.05) is 49.1 Å². The zero-order valence-electron chi connectivity index (χ0n) is 34.0. The van der Waals surface area contributed by atoms with Gasteiger partial charge in [0.2, 0.25) is 0 Å². The molecular weight excluding hydrogens is 745 g/mol. The van der Waals surface area contributed by atoms with Crippen molar-refractivity contribution in [3.05, 3.63) is 107 Å². The molecule has 12 nitrogen and oxygen atoms in total. The van der Waals surface area contributed by atoms with E-state index in [1.165, 1.54) is 5.69 Å². The van der Waals surface area contributed by atoms with Crippen LogP contribution >= 0.6 is 0 Å². The number of nitrogens with zero attached hydrogens (tertiary/aromatic N) is 5. The van der Waals surface area contributed by atoms with Crippen LogP contribution in [0.1, 0.15) is 77.8 Å². The fourth-order valence-electron chi connectivity index (χ4n) is 8.06. The van der Waals surface area contributed by atoms with E-state index in [9.17, 15) is 9.59 Å². The number of amides is 2. The zero-order valence-corrected chi connectivity index (χ0v) is 34.0. The molecule has 4 heterocycles. The summed E-state index contributed by atoms with van der Waals surface area (Å²) in [5, 5.41) is 0. The van der Waals surface area contributed by atoms with E-state index in [4.69, 9.17) is 34.7 Å². The predicted octanol–water partition coefficient (Wildman–Crippen LogP) is 8.70. The highest BCUT2D eigenvalue weighted by molar-refractivity contribution is 6.06. The lowest BCUT2D eigenvalue weighted by Crippen LogP contribution is -2.32. The van der Waals surface area contributed by atoms with Crippen LogP contribution in [-0.2, 0) is 0 Å². The van der Waals surface area contributed by atoms with Gasteiger partial charge in [0.15, 0.2) is 23.0 Å². The summed E-state index contributed by atoms with van der Waals surface area (Å²) in [6.45, 7) is 7.08. The third kappa shape index (κ3) is 7.99. The molecule has 4 aliphatic heterocycles. The Labute approximate surface area is 345 Å². The summed E-state index contributed by atoms with van der Waals surface area (Å²) in [5.74, 6) is 1.55. The maximum absolute atomic E-state index is 13.9. The van der Waals surface area contributed by atoms with Crippen molar-refractivity contribution in [1.29, 1.82) is 0 Å². The molecule has 2 atom stereocenters. The third-order valence-corrected chi connectivity index (χ3v) is 11.1. The second-order valence-electron chi connectivity index (χ2n) is 15.1. The van der Waals surface area contributed by atoms with Crippen molar-refractivity contribution in [3.63, 3.8) is 0 Å². The first kappa shape index (κ1) is 39.3. The van der Waals surface area contributed by atoms with Crippen molar-refractivity contribution in [1.82, 2.24) is 9.80 Å². The molecule has 0 aliphatic carbocycles. The number of aliphatic imine (C=N–C) groups is 2. The highest BCUT2D eigenvalue weighted by Gasteiger charge is 2.35. The maximum Gasteiger partial charge on any atom is 0.260 e. The summed E-state index contributed by atoms with van der Waals surface area (Å²) in [5.41, 5.74) is 14.0. The molecule has 0 aromatic heterocycles. The number of fused-ring (bicyclic) bond motifs is 4. The third-order valence-electron chi connectivity index (χ3n) is 11.1. The molecule has 0 saturated heterocycles. The molecule has 2 N–H and O–H groups in total. The van der Waals surface area contributed by atoms with Crippen LogP contribution in [0.3, 0.4) is 0 Å². The average molecular weight is 795 g/mol. The summed E-state index contributed by atoms with van der Waals surface area (Å²) in [6, 6.07) is 22.8. The summed E-state index contributed by atoms with van der Waals surface area (Å²) < 4.78 is 23.7. The van der Waals surface area contributed by atoms with Gasteiger partial charge in [0, 0.05) is 80.7 Å². The molecule has 59 heavy (non-hydrogen) atoms. The van der Waals surface area contributed by atoms with E-state index < -0.39 is 0 Å². The lowest BCUT2D eigenvalue weighted by Gasteiger charge is -2.24.